The number of rotatable bonds is 3. The predicted molar refractivity (Wildman–Crippen MR) is 72.4 cm³/mol. The van der Waals surface area contributed by atoms with E-state index in [0.29, 0.717) is 12.1 Å². The lowest BCUT2D eigenvalue weighted by Gasteiger charge is -2.31. The molecule has 1 aromatic carbocycles. The number of hydrogen-bond acceptors (Lipinski definition) is 7. The van der Waals surface area contributed by atoms with Gasteiger partial charge in [0.1, 0.15) is 23.9 Å². The Morgan fingerprint density at radius 1 is 1.17 bits per heavy atom. The zero-order valence-corrected chi connectivity index (χ0v) is 12.3. The molecule has 1 aliphatic rings. The third-order valence-electron chi connectivity index (χ3n) is 3.10. The summed E-state index contributed by atoms with van der Waals surface area (Å²) in [5.41, 5.74) is -1.30. The van der Waals surface area contributed by atoms with Gasteiger partial charge in [-0.15, -0.1) is 0 Å². The highest BCUT2D eigenvalue weighted by Crippen LogP contribution is 2.33. The van der Waals surface area contributed by atoms with Gasteiger partial charge in [-0.1, -0.05) is 0 Å². The van der Waals surface area contributed by atoms with Crippen LogP contribution >= 0.6 is 0 Å². The molecule has 0 spiro atoms. The summed E-state index contributed by atoms with van der Waals surface area (Å²) in [4.78, 5) is 24.6. The molecule has 0 aromatic heterocycles. The first-order valence-corrected chi connectivity index (χ1v) is 6.33. The molecule has 1 aliphatic heterocycles. The van der Waals surface area contributed by atoms with Gasteiger partial charge in [0.25, 0.3) is 0 Å². The number of carbonyl (C=O) groups is 2. The standard InChI is InChI=1S/C14H13F2NO6/c1-21-13(19)8-5-23-6-17(11(8)14(20)22-2)12-9(15)3-7(18)4-10(12)16/h3-4,18H,5-6H2,1-2H3. The molecule has 0 saturated carbocycles. The van der Waals surface area contributed by atoms with E-state index in [4.69, 9.17) is 4.74 Å². The Hall–Kier alpha value is -2.68. The molecule has 1 N–H and O–H groups in total. The minimum Gasteiger partial charge on any atom is -0.508 e. The lowest BCUT2D eigenvalue weighted by Crippen LogP contribution is -2.39. The second-order valence-electron chi connectivity index (χ2n) is 4.47. The van der Waals surface area contributed by atoms with Crippen LogP contribution in [-0.2, 0) is 23.8 Å². The van der Waals surface area contributed by atoms with Crippen LogP contribution in [-0.4, -0.2) is 44.6 Å². The number of esters is 2. The van der Waals surface area contributed by atoms with Crippen molar-refractivity contribution >= 4 is 17.6 Å². The molecule has 1 aromatic rings. The van der Waals surface area contributed by atoms with E-state index in [1.807, 2.05) is 0 Å². The molecular weight excluding hydrogens is 316 g/mol. The Morgan fingerprint density at radius 3 is 2.26 bits per heavy atom. The number of phenols is 1. The third kappa shape index (κ3) is 3.09. The van der Waals surface area contributed by atoms with E-state index in [-0.39, 0.29) is 12.2 Å². The van der Waals surface area contributed by atoms with Crippen LogP contribution in [0.25, 0.3) is 0 Å². The van der Waals surface area contributed by atoms with Gasteiger partial charge in [0.05, 0.1) is 26.4 Å². The van der Waals surface area contributed by atoms with Gasteiger partial charge in [-0.05, 0) is 0 Å². The molecule has 0 bridgehead atoms. The molecule has 0 radical (unpaired) electrons. The van der Waals surface area contributed by atoms with Crippen LogP contribution in [0.5, 0.6) is 5.75 Å². The first-order valence-electron chi connectivity index (χ1n) is 6.33. The van der Waals surface area contributed by atoms with Crippen LogP contribution in [0.4, 0.5) is 14.5 Å². The SMILES string of the molecule is COC(=O)C1=C(C(=O)OC)N(c2c(F)cc(O)cc2F)COC1. The van der Waals surface area contributed by atoms with E-state index in [1.54, 1.807) is 0 Å². The molecule has 23 heavy (non-hydrogen) atoms. The van der Waals surface area contributed by atoms with Gasteiger partial charge in [0, 0.05) is 12.1 Å². The van der Waals surface area contributed by atoms with E-state index < -0.39 is 47.4 Å². The van der Waals surface area contributed by atoms with Crippen molar-refractivity contribution in [3.8, 4) is 5.75 Å². The van der Waals surface area contributed by atoms with Gasteiger partial charge < -0.3 is 24.2 Å². The zero-order valence-electron chi connectivity index (χ0n) is 12.3. The number of aromatic hydroxyl groups is 1. The summed E-state index contributed by atoms with van der Waals surface area (Å²) in [6, 6.07) is 1.33. The van der Waals surface area contributed by atoms with Crippen molar-refractivity contribution in [2.24, 2.45) is 0 Å². The molecule has 9 heteroatoms. The number of anilines is 1. The van der Waals surface area contributed by atoms with Crippen molar-refractivity contribution in [1.29, 1.82) is 0 Å². The van der Waals surface area contributed by atoms with Crippen molar-refractivity contribution in [3.63, 3.8) is 0 Å². The minimum atomic E-state index is -1.14. The molecule has 0 amide bonds. The Labute approximate surface area is 129 Å². The first-order chi connectivity index (χ1) is 10.9. The Balaban J connectivity index is 2.65. The molecule has 1 heterocycles. The Kier molecular flexibility index (Phi) is 4.80. The summed E-state index contributed by atoms with van der Waals surface area (Å²) in [5, 5.41) is 9.21. The van der Waals surface area contributed by atoms with Gasteiger partial charge in [0.15, 0.2) is 11.6 Å². The molecule has 2 rings (SSSR count). The maximum atomic E-state index is 14.1. The highest BCUT2D eigenvalue weighted by atomic mass is 19.1. The third-order valence-corrected chi connectivity index (χ3v) is 3.10. The van der Waals surface area contributed by atoms with E-state index in [2.05, 4.69) is 9.47 Å². The fourth-order valence-corrected chi connectivity index (χ4v) is 2.13. The maximum absolute atomic E-state index is 14.1. The molecule has 0 atom stereocenters. The lowest BCUT2D eigenvalue weighted by atomic mass is 10.1. The number of halogens is 2. The average Bonchev–Trinajstić information content (AvgIpc) is 2.52. The number of benzene rings is 1. The maximum Gasteiger partial charge on any atom is 0.355 e. The number of methoxy groups -OCH3 is 2. The number of ether oxygens (including phenoxy) is 3. The molecule has 0 unspecified atom stereocenters. The molecule has 7 nitrogen and oxygen atoms in total. The van der Waals surface area contributed by atoms with Crippen molar-refractivity contribution in [2.75, 3.05) is 32.5 Å². The summed E-state index contributed by atoms with van der Waals surface area (Å²) in [5.74, 6) is -4.79. The number of hydrogen-bond donors (Lipinski definition) is 1. The van der Waals surface area contributed by atoms with E-state index in [9.17, 15) is 23.5 Å². The van der Waals surface area contributed by atoms with Gasteiger partial charge in [-0.3, -0.25) is 0 Å². The highest BCUT2D eigenvalue weighted by Gasteiger charge is 2.35. The largest absolute Gasteiger partial charge is 0.508 e. The van der Waals surface area contributed by atoms with Gasteiger partial charge in [0.2, 0.25) is 0 Å². The topological polar surface area (TPSA) is 85.3 Å². The summed E-state index contributed by atoms with van der Waals surface area (Å²) < 4.78 is 42.3. The minimum absolute atomic E-state index is 0.238. The molecule has 0 aliphatic carbocycles. The number of carbonyl (C=O) groups excluding carboxylic acids is 2. The van der Waals surface area contributed by atoms with Gasteiger partial charge in [-0.2, -0.15) is 0 Å². The van der Waals surface area contributed by atoms with Gasteiger partial charge in [-0.25, -0.2) is 18.4 Å². The quantitative estimate of drug-likeness (QED) is 0.830. The normalized spacial score (nSPS) is 14.7. The second kappa shape index (κ2) is 6.61. The van der Waals surface area contributed by atoms with Crippen molar-refractivity contribution < 1.29 is 37.7 Å². The fourth-order valence-electron chi connectivity index (χ4n) is 2.13. The summed E-state index contributed by atoms with van der Waals surface area (Å²) >= 11 is 0. The molecule has 0 saturated heterocycles. The number of phenolic OH excluding ortho intramolecular Hbond substituents is 1. The zero-order chi connectivity index (χ0) is 17.1. The van der Waals surface area contributed by atoms with Crippen molar-refractivity contribution in [3.05, 3.63) is 35.0 Å². The van der Waals surface area contributed by atoms with Gasteiger partial charge >= 0.3 is 11.9 Å². The van der Waals surface area contributed by atoms with Crippen LogP contribution in [0, 0.1) is 11.6 Å². The van der Waals surface area contributed by atoms with E-state index >= 15 is 0 Å². The Morgan fingerprint density at radius 2 is 1.74 bits per heavy atom. The van der Waals surface area contributed by atoms with Crippen molar-refractivity contribution in [1.82, 2.24) is 0 Å². The average molecular weight is 329 g/mol. The van der Waals surface area contributed by atoms with Crippen LogP contribution in [0.2, 0.25) is 0 Å². The monoisotopic (exact) mass is 329 g/mol. The first kappa shape index (κ1) is 16.7. The van der Waals surface area contributed by atoms with Crippen molar-refractivity contribution in [2.45, 2.75) is 0 Å². The molecular formula is C14H13F2NO6. The van der Waals surface area contributed by atoms with Crippen LogP contribution < -0.4 is 4.90 Å². The Bertz CT molecular complexity index is 665. The molecule has 124 valence electrons. The fraction of sp³-hybridized carbons (Fsp3) is 0.286. The highest BCUT2D eigenvalue weighted by molar-refractivity contribution is 6.03. The summed E-state index contributed by atoms with van der Waals surface area (Å²) in [6.07, 6.45) is 0. The summed E-state index contributed by atoms with van der Waals surface area (Å²) in [7, 11) is 2.15. The molecule has 0 fully saturated rings. The van der Waals surface area contributed by atoms with E-state index in [1.165, 1.54) is 0 Å². The second-order valence-corrected chi connectivity index (χ2v) is 4.47. The smallest absolute Gasteiger partial charge is 0.355 e. The van der Waals surface area contributed by atoms with Crippen LogP contribution in [0.3, 0.4) is 0 Å². The van der Waals surface area contributed by atoms with E-state index in [0.717, 1.165) is 19.1 Å². The van der Waals surface area contributed by atoms with Crippen LogP contribution in [0.15, 0.2) is 23.4 Å². The predicted octanol–water partition coefficient (Wildman–Crippen LogP) is 1.06. The number of nitrogens with zero attached hydrogens (tertiary/aromatic N) is 1. The lowest BCUT2D eigenvalue weighted by molar-refractivity contribution is -0.140. The summed E-state index contributed by atoms with van der Waals surface area (Å²) in [6.45, 7) is -0.682. The van der Waals surface area contributed by atoms with Crippen LogP contribution in [0.1, 0.15) is 0 Å².